The highest BCUT2D eigenvalue weighted by atomic mass is 32.2. The Morgan fingerprint density at radius 1 is 1.07 bits per heavy atom. The first-order valence-electron chi connectivity index (χ1n) is 9.32. The summed E-state index contributed by atoms with van der Waals surface area (Å²) in [4.78, 5) is 12.0. The molecule has 1 aliphatic rings. The molecule has 0 radical (unpaired) electrons. The second-order valence-electron chi connectivity index (χ2n) is 6.96. The number of hydrogen-bond acceptors (Lipinski definition) is 3. The average molecular weight is 444 g/mol. The maximum atomic E-state index is 13.8. The van der Waals surface area contributed by atoms with Crippen molar-refractivity contribution in [1.82, 2.24) is 5.32 Å². The van der Waals surface area contributed by atoms with E-state index in [-0.39, 0.29) is 22.9 Å². The van der Waals surface area contributed by atoms with E-state index < -0.39 is 44.9 Å². The lowest BCUT2D eigenvalue weighted by atomic mass is 10.00. The van der Waals surface area contributed by atoms with Crippen LogP contribution in [0.3, 0.4) is 0 Å². The molecule has 5 nitrogen and oxygen atoms in total. The van der Waals surface area contributed by atoms with E-state index in [2.05, 4.69) is 5.32 Å². The fourth-order valence-electron chi connectivity index (χ4n) is 3.39. The molecule has 30 heavy (non-hydrogen) atoms. The molecule has 0 atom stereocenters. The lowest BCUT2D eigenvalue weighted by Crippen LogP contribution is -2.45. The molecule has 0 saturated heterocycles. The number of rotatable bonds is 5. The minimum atomic E-state index is -4.65. The molecule has 0 saturated carbocycles. The van der Waals surface area contributed by atoms with Crippen molar-refractivity contribution in [1.29, 1.82) is 0 Å². The number of nitrogens with zero attached hydrogens (tertiary/aromatic N) is 1. The lowest BCUT2D eigenvalue weighted by molar-refractivity contribution is -0.137. The summed E-state index contributed by atoms with van der Waals surface area (Å²) in [6, 6.07) is 5.28. The molecule has 0 fully saturated rings. The smallest absolute Gasteiger partial charge is 0.352 e. The second kappa shape index (κ2) is 7.90. The highest BCUT2D eigenvalue weighted by Gasteiger charge is 2.39. The van der Waals surface area contributed by atoms with Gasteiger partial charge >= 0.3 is 6.18 Å². The van der Waals surface area contributed by atoms with Crippen LogP contribution in [0.15, 0.2) is 41.3 Å². The quantitative estimate of drug-likeness (QED) is 0.699. The Morgan fingerprint density at radius 2 is 1.73 bits per heavy atom. The van der Waals surface area contributed by atoms with Crippen LogP contribution in [0.4, 0.5) is 23.2 Å². The number of carbonyl (C=O) groups excluding carboxylic acids is 1. The molecular weight excluding hydrogens is 424 g/mol. The molecule has 1 amide bonds. The third kappa shape index (κ3) is 4.00. The van der Waals surface area contributed by atoms with E-state index in [0.717, 1.165) is 40.7 Å². The van der Waals surface area contributed by atoms with Gasteiger partial charge < -0.3 is 5.32 Å². The van der Waals surface area contributed by atoms with E-state index in [0.29, 0.717) is 12.8 Å². The van der Waals surface area contributed by atoms with E-state index in [9.17, 15) is 30.8 Å². The Kier molecular flexibility index (Phi) is 5.81. The molecule has 162 valence electrons. The molecule has 0 spiro atoms. The Morgan fingerprint density at radius 3 is 2.33 bits per heavy atom. The van der Waals surface area contributed by atoms with E-state index in [4.69, 9.17) is 0 Å². The van der Waals surface area contributed by atoms with Crippen molar-refractivity contribution in [2.24, 2.45) is 0 Å². The monoisotopic (exact) mass is 444 g/mol. The number of nitrogens with one attached hydrogen (secondary N) is 1. The summed E-state index contributed by atoms with van der Waals surface area (Å²) in [6.07, 6.45) is -3.38. The van der Waals surface area contributed by atoms with Gasteiger partial charge in [0.05, 0.1) is 16.1 Å². The molecule has 1 aliphatic heterocycles. The van der Waals surface area contributed by atoms with Gasteiger partial charge in [-0.15, -0.1) is 0 Å². The summed E-state index contributed by atoms with van der Waals surface area (Å²) in [6.45, 7) is 3.09. The fourth-order valence-corrected chi connectivity index (χ4v) is 5.05. The summed E-state index contributed by atoms with van der Waals surface area (Å²) >= 11 is 0. The number of hydrogen-bond donors (Lipinski definition) is 1. The Balaban J connectivity index is 2.14. The SMILES string of the molecule is CCC(CC)NC(=O)CN1c2ccc(C(F)(F)F)cc2-c2ccc(F)cc2S1(=O)=O. The number of carbonyl (C=O) groups is 1. The van der Waals surface area contributed by atoms with Crippen molar-refractivity contribution in [3.8, 4) is 11.1 Å². The zero-order valence-electron chi connectivity index (χ0n) is 16.3. The highest BCUT2D eigenvalue weighted by Crippen LogP contribution is 2.45. The summed E-state index contributed by atoms with van der Waals surface area (Å²) in [5.74, 6) is -1.45. The van der Waals surface area contributed by atoms with E-state index in [1.807, 2.05) is 13.8 Å². The van der Waals surface area contributed by atoms with Crippen LogP contribution in [-0.4, -0.2) is 26.9 Å². The molecule has 0 bridgehead atoms. The molecule has 2 aromatic rings. The molecule has 1 N–H and O–H groups in total. The molecule has 10 heteroatoms. The molecule has 2 aromatic carbocycles. The van der Waals surface area contributed by atoms with Crippen molar-refractivity contribution in [2.45, 2.75) is 43.8 Å². The normalized spacial score (nSPS) is 15.0. The van der Waals surface area contributed by atoms with Crippen LogP contribution >= 0.6 is 0 Å². The van der Waals surface area contributed by atoms with Gasteiger partial charge in [0.2, 0.25) is 5.91 Å². The molecule has 1 heterocycles. The van der Waals surface area contributed by atoms with Gasteiger partial charge in [-0.1, -0.05) is 19.9 Å². The van der Waals surface area contributed by atoms with Crippen molar-refractivity contribution >= 4 is 21.6 Å². The number of amides is 1. The first kappa shape index (κ1) is 22.1. The van der Waals surface area contributed by atoms with Crippen LogP contribution in [0.2, 0.25) is 0 Å². The Labute approximate surface area is 171 Å². The van der Waals surface area contributed by atoms with E-state index in [1.165, 1.54) is 0 Å². The van der Waals surface area contributed by atoms with Gasteiger partial charge in [-0.3, -0.25) is 9.10 Å². The third-order valence-corrected chi connectivity index (χ3v) is 6.83. The maximum absolute atomic E-state index is 13.8. The van der Waals surface area contributed by atoms with Crippen LogP contribution < -0.4 is 9.62 Å². The number of fused-ring (bicyclic) bond motifs is 3. The van der Waals surface area contributed by atoms with Gasteiger partial charge in [-0.2, -0.15) is 13.2 Å². The topological polar surface area (TPSA) is 66.5 Å². The maximum Gasteiger partial charge on any atom is 0.416 e. The molecule has 3 rings (SSSR count). The number of halogens is 4. The van der Waals surface area contributed by atoms with Crippen LogP contribution in [0.1, 0.15) is 32.3 Å². The number of anilines is 1. The predicted octanol–water partition coefficient (Wildman–Crippen LogP) is 4.33. The number of sulfonamides is 1. The molecular formula is C20H20F4N2O3S. The van der Waals surface area contributed by atoms with Gasteiger partial charge in [0.25, 0.3) is 10.0 Å². The highest BCUT2D eigenvalue weighted by molar-refractivity contribution is 7.93. The Bertz CT molecular complexity index is 1080. The van der Waals surface area contributed by atoms with Crippen molar-refractivity contribution in [2.75, 3.05) is 10.8 Å². The van der Waals surface area contributed by atoms with Gasteiger partial charge in [-0.05, 0) is 43.2 Å². The van der Waals surface area contributed by atoms with E-state index >= 15 is 0 Å². The molecule has 0 aromatic heterocycles. The average Bonchev–Trinajstić information content (AvgIpc) is 2.68. The molecule has 0 aliphatic carbocycles. The van der Waals surface area contributed by atoms with Gasteiger partial charge in [0, 0.05) is 17.2 Å². The van der Waals surface area contributed by atoms with Crippen molar-refractivity contribution in [3.05, 3.63) is 47.8 Å². The second-order valence-corrected chi connectivity index (χ2v) is 8.79. The predicted molar refractivity (Wildman–Crippen MR) is 104 cm³/mol. The van der Waals surface area contributed by atoms with Crippen LogP contribution in [-0.2, 0) is 21.0 Å². The summed E-state index contributed by atoms with van der Waals surface area (Å²) in [7, 11) is -4.36. The molecule has 0 unspecified atom stereocenters. The number of alkyl halides is 3. The summed E-state index contributed by atoms with van der Waals surface area (Å²) in [5, 5.41) is 2.70. The largest absolute Gasteiger partial charge is 0.416 e. The van der Waals surface area contributed by atoms with Crippen molar-refractivity contribution < 1.29 is 30.8 Å². The standard InChI is InChI=1S/C20H20F4N2O3S/c1-3-14(4-2)25-19(27)11-26-17-8-5-12(20(22,23)24)9-16(17)15-7-6-13(21)10-18(15)30(26,28)29/h5-10,14H,3-4,11H2,1-2H3,(H,25,27). The van der Waals surface area contributed by atoms with Crippen LogP contribution in [0, 0.1) is 5.82 Å². The van der Waals surface area contributed by atoms with Gasteiger partial charge in [0.1, 0.15) is 12.4 Å². The minimum absolute atomic E-state index is 0.0371. The van der Waals surface area contributed by atoms with Crippen LogP contribution in [0.25, 0.3) is 11.1 Å². The first-order valence-corrected chi connectivity index (χ1v) is 10.8. The minimum Gasteiger partial charge on any atom is -0.352 e. The summed E-state index contributed by atoms with van der Waals surface area (Å²) in [5.41, 5.74) is -1.13. The first-order chi connectivity index (χ1) is 14.0. The summed E-state index contributed by atoms with van der Waals surface area (Å²) < 4.78 is 80.4. The Hall–Kier alpha value is -2.62. The lowest BCUT2D eigenvalue weighted by Gasteiger charge is -2.32. The van der Waals surface area contributed by atoms with Crippen molar-refractivity contribution in [3.63, 3.8) is 0 Å². The van der Waals surface area contributed by atoms with Crippen LogP contribution in [0.5, 0.6) is 0 Å². The van der Waals surface area contributed by atoms with Gasteiger partial charge in [0.15, 0.2) is 0 Å². The number of benzene rings is 2. The fraction of sp³-hybridized carbons (Fsp3) is 0.350. The zero-order valence-corrected chi connectivity index (χ0v) is 17.1. The third-order valence-electron chi connectivity index (χ3n) is 5.03. The van der Waals surface area contributed by atoms with E-state index in [1.54, 1.807) is 0 Å². The zero-order chi connectivity index (χ0) is 22.3. The van der Waals surface area contributed by atoms with Gasteiger partial charge in [-0.25, -0.2) is 12.8 Å².